The van der Waals surface area contributed by atoms with E-state index >= 15 is 0 Å². The van der Waals surface area contributed by atoms with E-state index in [9.17, 15) is 0 Å². The summed E-state index contributed by atoms with van der Waals surface area (Å²) in [6.45, 7) is 0. The molecule has 0 fully saturated rings. The van der Waals surface area contributed by atoms with Gasteiger partial charge in [0.2, 0.25) is 0 Å². The molecular formula is C6H5ClN2. The number of halogens is 1. The van der Waals surface area contributed by atoms with Crippen molar-refractivity contribution < 1.29 is 0 Å². The fourth-order valence-corrected chi connectivity index (χ4v) is 0.650. The summed E-state index contributed by atoms with van der Waals surface area (Å²) in [7, 11) is 0. The molecule has 0 spiro atoms. The molecule has 0 amide bonds. The fourth-order valence-electron chi connectivity index (χ4n) is 0.524. The molecule has 2 nitrogen and oxygen atoms in total. The lowest BCUT2D eigenvalue weighted by Gasteiger charge is -2.11. The number of nitriles is 1. The van der Waals surface area contributed by atoms with Gasteiger partial charge in [-0.25, -0.2) is 0 Å². The first-order chi connectivity index (χ1) is 4.27. The number of nitrogens with one attached hydrogen (secondary N) is 1. The van der Waals surface area contributed by atoms with Crippen molar-refractivity contribution in [1.29, 1.82) is 5.26 Å². The molecule has 1 N–H and O–H groups in total. The Morgan fingerprint density at radius 2 is 2.00 bits per heavy atom. The smallest absolute Gasteiger partial charge is 0.170 e. The molecule has 0 radical (unpaired) electrons. The predicted molar refractivity (Wildman–Crippen MR) is 35.6 cm³/mol. The van der Waals surface area contributed by atoms with Gasteiger partial charge in [-0.05, 0) is 24.6 Å². The molecule has 0 unspecified atom stereocenters. The lowest BCUT2D eigenvalue weighted by Crippen LogP contribution is -2.16. The second kappa shape index (κ2) is 2.12. The first-order valence-electron chi connectivity index (χ1n) is 2.48. The van der Waals surface area contributed by atoms with Crippen LogP contribution < -0.4 is 5.32 Å². The highest BCUT2D eigenvalue weighted by Crippen LogP contribution is 2.18. The van der Waals surface area contributed by atoms with Gasteiger partial charge in [-0.15, -0.1) is 0 Å². The third kappa shape index (κ3) is 1.24. The predicted octanol–water partition coefficient (Wildman–Crippen LogP) is 1.12. The normalized spacial score (nSPS) is 20.4. The second-order valence-electron chi connectivity index (χ2n) is 1.71. The van der Waals surface area contributed by atoms with Gasteiger partial charge in [0, 0.05) is 0 Å². The van der Waals surface area contributed by atoms with Crippen LogP contribution in [0, 0.1) is 11.3 Å². The minimum atomic E-state index is -0.925. The third-order valence-electron chi connectivity index (χ3n) is 1.02. The van der Waals surface area contributed by atoms with Gasteiger partial charge in [0.15, 0.2) is 4.87 Å². The molecule has 0 bridgehead atoms. The van der Waals surface area contributed by atoms with Crippen LogP contribution in [0.15, 0.2) is 24.6 Å². The molecule has 0 saturated heterocycles. The Morgan fingerprint density at radius 3 is 2.33 bits per heavy atom. The average Bonchev–Trinajstić information content (AvgIpc) is 1.90. The Bertz CT molecular complexity index is 188. The molecule has 0 saturated carbocycles. The van der Waals surface area contributed by atoms with Crippen LogP contribution in [0.3, 0.4) is 0 Å². The van der Waals surface area contributed by atoms with Crippen molar-refractivity contribution in [2.45, 2.75) is 4.87 Å². The zero-order chi connectivity index (χ0) is 6.74. The Morgan fingerprint density at radius 1 is 1.44 bits per heavy atom. The molecule has 1 aliphatic heterocycles. The Hall–Kier alpha value is -0.940. The van der Waals surface area contributed by atoms with Gasteiger partial charge in [0.1, 0.15) is 0 Å². The van der Waals surface area contributed by atoms with Gasteiger partial charge in [0.05, 0.1) is 6.07 Å². The van der Waals surface area contributed by atoms with E-state index in [1.165, 1.54) is 0 Å². The van der Waals surface area contributed by atoms with Gasteiger partial charge in [-0.3, -0.25) is 0 Å². The van der Waals surface area contributed by atoms with E-state index in [1.54, 1.807) is 24.6 Å². The topological polar surface area (TPSA) is 35.8 Å². The van der Waals surface area contributed by atoms with Crippen LogP contribution in [-0.4, -0.2) is 4.87 Å². The van der Waals surface area contributed by atoms with Crippen LogP contribution in [0.2, 0.25) is 0 Å². The quantitative estimate of drug-likeness (QED) is 0.512. The van der Waals surface area contributed by atoms with Crippen molar-refractivity contribution in [3.8, 4) is 6.07 Å². The summed E-state index contributed by atoms with van der Waals surface area (Å²) >= 11 is 5.68. The van der Waals surface area contributed by atoms with E-state index in [0.717, 1.165) is 0 Å². The highest BCUT2D eigenvalue weighted by atomic mass is 35.5. The molecule has 0 atom stereocenters. The van der Waals surface area contributed by atoms with Crippen LogP contribution in [0.25, 0.3) is 0 Å². The maximum atomic E-state index is 8.44. The summed E-state index contributed by atoms with van der Waals surface area (Å²) in [6, 6.07) is 1.93. The van der Waals surface area contributed by atoms with Crippen molar-refractivity contribution in [3.05, 3.63) is 24.6 Å². The number of hydrogen-bond donors (Lipinski definition) is 1. The van der Waals surface area contributed by atoms with E-state index in [-0.39, 0.29) is 0 Å². The van der Waals surface area contributed by atoms with Gasteiger partial charge in [-0.1, -0.05) is 11.6 Å². The van der Waals surface area contributed by atoms with E-state index in [1.807, 2.05) is 6.07 Å². The largest absolute Gasteiger partial charge is 0.368 e. The average molecular weight is 141 g/mol. The molecule has 1 aliphatic rings. The van der Waals surface area contributed by atoms with Crippen molar-refractivity contribution in [2.75, 3.05) is 0 Å². The van der Waals surface area contributed by atoms with E-state index in [4.69, 9.17) is 16.9 Å². The lowest BCUT2D eigenvalue weighted by molar-refractivity contribution is 1.02. The van der Waals surface area contributed by atoms with Gasteiger partial charge in [0.25, 0.3) is 0 Å². The molecule has 0 aromatic heterocycles. The lowest BCUT2D eigenvalue weighted by atomic mass is 10.1. The van der Waals surface area contributed by atoms with Gasteiger partial charge < -0.3 is 5.32 Å². The number of dihydropyridines is 1. The number of rotatable bonds is 0. The minimum Gasteiger partial charge on any atom is -0.368 e. The third-order valence-corrected chi connectivity index (χ3v) is 1.35. The Kier molecular flexibility index (Phi) is 1.46. The summed E-state index contributed by atoms with van der Waals surface area (Å²) < 4.78 is 0. The fraction of sp³-hybridized carbons (Fsp3) is 0.167. The van der Waals surface area contributed by atoms with Gasteiger partial charge >= 0.3 is 0 Å². The van der Waals surface area contributed by atoms with Crippen molar-refractivity contribution in [1.82, 2.24) is 5.32 Å². The second-order valence-corrected chi connectivity index (χ2v) is 2.34. The Labute approximate surface area is 58.4 Å². The van der Waals surface area contributed by atoms with Crippen molar-refractivity contribution >= 4 is 11.6 Å². The standard InChI is InChI=1S/C6H5ClN2/c7-6(5-8)1-3-9-4-2-6/h1-4,9H. The SMILES string of the molecule is N#CC1(Cl)C=CNC=C1. The van der Waals surface area contributed by atoms with Gasteiger partial charge in [-0.2, -0.15) is 5.26 Å². The number of alkyl halides is 1. The summed E-state index contributed by atoms with van der Waals surface area (Å²) in [5.74, 6) is 0. The molecule has 1 rings (SSSR count). The molecule has 0 aliphatic carbocycles. The highest BCUT2D eigenvalue weighted by molar-refractivity contribution is 6.28. The molecule has 3 heteroatoms. The first-order valence-corrected chi connectivity index (χ1v) is 2.86. The molecule has 0 aromatic carbocycles. The summed E-state index contributed by atoms with van der Waals surface area (Å²) in [4.78, 5) is -0.925. The number of hydrogen-bond acceptors (Lipinski definition) is 2. The van der Waals surface area contributed by atoms with Crippen LogP contribution in [0.1, 0.15) is 0 Å². The monoisotopic (exact) mass is 140 g/mol. The van der Waals surface area contributed by atoms with E-state index in [0.29, 0.717) is 0 Å². The maximum Gasteiger partial charge on any atom is 0.170 e. The number of allylic oxidation sites excluding steroid dienone is 2. The zero-order valence-corrected chi connectivity index (χ0v) is 5.39. The van der Waals surface area contributed by atoms with Crippen LogP contribution in [-0.2, 0) is 0 Å². The summed E-state index contributed by atoms with van der Waals surface area (Å²) in [5, 5.41) is 11.2. The molecule has 0 aromatic rings. The molecule has 46 valence electrons. The first kappa shape index (κ1) is 6.18. The van der Waals surface area contributed by atoms with Crippen LogP contribution in [0.4, 0.5) is 0 Å². The highest BCUT2D eigenvalue weighted by Gasteiger charge is 2.19. The maximum absolute atomic E-state index is 8.44. The van der Waals surface area contributed by atoms with Crippen molar-refractivity contribution in [2.24, 2.45) is 0 Å². The molecule has 9 heavy (non-hydrogen) atoms. The summed E-state index contributed by atoms with van der Waals surface area (Å²) in [6.07, 6.45) is 6.45. The van der Waals surface area contributed by atoms with Crippen molar-refractivity contribution in [3.63, 3.8) is 0 Å². The van der Waals surface area contributed by atoms with Crippen LogP contribution in [0.5, 0.6) is 0 Å². The molecule has 1 heterocycles. The molecular weight excluding hydrogens is 136 g/mol. The Balaban J connectivity index is 2.82. The van der Waals surface area contributed by atoms with Crippen LogP contribution >= 0.6 is 11.6 Å². The zero-order valence-electron chi connectivity index (χ0n) is 4.63. The summed E-state index contributed by atoms with van der Waals surface area (Å²) in [5.41, 5.74) is 0. The van der Waals surface area contributed by atoms with E-state index < -0.39 is 4.87 Å². The number of nitrogens with zero attached hydrogens (tertiary/aromatic N) is 1. The van der Waals surface area contributed by atoms with E-state index in [2.05, 4.69) is 5.32 Å². The minimum absolute atomic E-state index is 0.925.